The second-order valence-corrected chi connectivity index (χ2v) is 2.93. The largest absolute Gasteiger partial charge is 0.492 e. The van der Waals surface area contributed by atoms with Gasteiger partial charge in [0.05, 0.1) is 4.47 Å². The molecule has 4 heteroatoms. The zero-order chi connectivity index (χ0) is 8.27. The second-order valence-electron chi connectivity index (χ2n) is 2.14. The van der Waals surface area contributed by atoms with Crippen LogP contribution in [0.5, 0.6) is 5.88 Å². The van der Waals surface area contributed by atoms with Crippen molar-refractivity contribution >= 4 is 15.9 Å². The van der Waals surface area contributed by atoms with Crippen LogP contribution >= 0.6 is 15.9 Å². The fourth-order valence-corrected chi connectivity index (χ4v) is 1.17. The van der Waals surface area contributed by atoms with Gasteiger partial charge >= 0.3 is 0 Å². The Hall–Kier alpha value is -0.610. The van der Waals surface area contributed by atoms with Gasteiger partial charge in [0.25, 0.3) is 0 Å². The summed E-state index contributed by atoms with van der Waals surface area (Å²) in [6, 6.07) is 1.85. The summed E-state index contributed by atoms with van der Waals surface area (Å²) < 4.78 is 0.661. The van der Waals surface area contributed by atoms with Gasteiger partial charge in [-0.15, -0.1) is 0 Å². The number of nitrogens with one attached hydrogen (secondary N) is 1. The summed E-state index contributed by atoms with van der Waals surface area (Å²) in [6.07, 6.45) is 1.58. The molecular formula is C7H9BrN2O. The van der Waals surface area contributed by atoms with Crippen LogP contribution in [0.15, 0.2) is 16.7 Å². The number of halogens is 1. The van der Waals surface area contributed by atoms with Crippen molar-refractivity contribution in [3.05, 3.63) is 22.3 Å². The first-order valence-electron chi connectivity index (χ1n) is 3.22. The van der Waals surface area contributed by atoms with Gasteiger partial charge < -0.3 is 10.4 Å². The van der Waals surface area contributed by atoms with Crippen molar-refractivity contribution in [2.45, 2.75) is 6.54 Å². The van der Waals surface area contributed by atoms with E-state index in [4.69, 9.17) is 5.11 Å². The summed E-state index contributed by atoms with van der Waals surface area (Å²) in [5.41, 5.74) is 1.00. The fraction of sp³-hybridized carbons (Fsp3) is 0.286. The molecule has 0 bridgehead atoms. The summed E-state index contributed by atoms with van der Waals surface area (Å²) in [7, 11) is 1.85. The van der Waals surface area contributed by atoms with Gasteiger partial charge in [-0.25, -0.2) is 4.98 Å². The van der Waals surface area contributed by atoms with E-state index < -0.39 is 0 Å². The van der Waals surface area contributed by atoms with Crippen LogP contribution in [0.3, 0.4) is 0 Å². The van der Waals surface area contributed by atoms with Crippen molar-refractivity contribution in [3.63, 3.8) is 0 Å². The third-order valence-electron chi connectivity index (χ3n) is 1.32. The number of aromatic nitrogens is 1. The van der Waals surface area contributed by atoms with E-state index in [1.54, 1.807) is 6.20 Å². The molecule has 3 nitrogen and oxygen atoms in total. The minimum absolute atomic E-state index is 0.0396. The lowest BCUT2D eigenvalue weighted by molar-refractivity contribution is 0.448. The van der Waals surface area contributed by atoms with Gasteiger partial charge in [-0.05, 0) is 34.6 Å². The third kappa shape index (κ3) is 1.91. The molecule has 1 aromatic rings. The van der Waals surface area contributed by atoms with E-state index >= 15 is 0 Å². The highest BCUT2D eigenvalue weighted by Crippen LogP contribution is 2.24. The van der Waals surface area contributed by atoms with E-state index in [-0.39, 0.29) is 5.88 Å². The Morgan fingerprint density at radius 3 is 3.09 bits per heavy atom. The Balaban J connectivity index is 2.96. The maximum absolute atomic E-state index is 9.14. The lowest BCUT2D eigenvalue weighted by Crippen LogP contribution is -2.05. The number of hydrogen-bond acceptors (Lipinski definition) is 3. The molecule has 11 heavy (non-hydrogen) atoms. The number of rotatable bonds is 2. The van der Waals surface area contributed by atoms with Crippen LogP contribution < -0.4 is 5.32 Å². The molecule has 1 rings (SSSR count). The standard InChI is InChI=1S/C7H9BrN2O/c1-9-4-5-2-3-10-7(11)6(5)8/h2-3,9H,4H2,1H3,(H,10,11). The highest BCUT2D eigenvalue weighted by molar-refractivity contribution is 9.10. The molecule has 0 unspecified atom stereocenters. The Morgan fingerprint density at radius 1 is 1.73 bits per heavy atom. The van der Waals surface area contributed by atoms with Crippen LogP contribution in [0.2, 0.25) is 0 Å². The van der Waals surface area contributed by atoms with Crippen molar-refractivity contribution in [3.8, 4) is 5.88 Å². The summed E-state index contributed by atoms with van der Waals surface area (Å²) in [5.74, 6) is 0.0396. The normalized spacial score (nSPS) is 10.0. The van der Waals surface area contributed by atoms with Crippen LogP contribution in [0.4, 0.5) is 0 Å². The molecule has 1 heterocycles. The predicted molar refractivity (Wildman–Crippen MR) is 46.4 cm³/mol. The molecule has 60 valence electrons. The summed E-state index contributed by atoms with van der Waals surface area (Å²) in [5, 5.41) is 12.1. The van der Waals surface area contributed by atoms with Gasteiger partial charge in [0.1, 0.15) is 0 Å². The van der Waals surface area contributed by atoms with Gasteiger partial charge in [-0.2, -0.15) is 0 Å². The third-order valence-corrected chi connectivity index (χ3v) is 2.18. The Bertz CT molecular complexity index is 252. The van der Waals surface area contributed by atoms with Crippen molar-refractivity contribution < 1.29 is 5.11 Å². The molecule has 0 saturated carbocycles. The van der Waals surface area contributed by atoms with Crippen molar-refractivity contribution in [2.75, 3.05) is 7.05 Å². The lowest BCUT2D eigenvalue weighted by atomic mass is 10.3. The Morgan fingerprint density at radius 2 is 2.45 bits per heavy atom. The summed E-state index contributed by atoms with van der Waals surface area (Å²) in [4.78, 5) is 3.70. The quantitative estimate of drug-likeness (QED) is 0.783. The molecule has 0 fully saturated rings. The minimum atomic E-state index is 0.0396. The molecule has 1 aromatic heterocycles. The molecule has 0 aliphatic carbocycles. The van der Waals surface area contributed by atoms with Gasteiger partial charge in [-0.1, -0.05) is 0 Å². The van der Waals surface area contributed by atoms with Crippen LogP contribution in [0, 0.1) is 0 Å². The van der Waals surface area contributed by atoms with E-state index in [1.807, 2.05) is 13.1 Å². The van der Waals surface area contributed by atoms with Crippen LogP contribution in [-0.2, 0) is 6.54 Å². The van der Waals surface area contributed by atoms with E-state index in [0.29, 0.717) is 4.47 Å². The van der Waals surface area contributed by atoms with Gasteiger partial charge in [-0.3, -0.25) is 0 Å². The number of pyridine rings is 1. The molecule has 0 saturated heterocycles. The minimum Gasteiger partial charge on any atom is -0.492 e. The van der Waals surface area contributed by atoms with E-state index in [1.165, 1.54) is 0 Å². The maximum Gasteiger partial charge on any atom is 0.225 e. The molecule has 0 atom stereocenters. The first kappa shape index (κ1) is 8.49. The van der Waals surface area contributed by atoms with Crippen LogP contribution in [-0.4, -0.2) is 17.1 Å². The molecule has 0 radical (unpaired) electrons. The monoisotopic (exact) mass is 216 g/mol. The van der Waals surface area contributed by atoms with Gasteiger partial charge in [0.2, 0.25) is 5.88 Å². The van der Waals surface area contributed by atoms with E-state index in [2.05, 4.69) is 26.2 Å². The SMILES string of the molecule is CNCc1ccnc(O)c1Br. The maximum atomic E-state index is 9.14. The van der Waals surface area contributed by atoms with Crippen LogP contribution in [0.25, 0.3) is 0 Å². The van der Waals surface area contributed by atoms with Crippen molar-refractivity contribution in [2.24, 2.45) is 0 Å². The summed E-state index contributed by atoms with van der Waals surface area (Å²) in [6.45, 7) is 0.719. The van der Waals surface area contributed by atoms with Crippen molar-refractivity contribution in [1.82, 2.24) is 10.3 Å². The van der Waals surface area contributed by atoms with E-state index in [9.17, 15) is 0 Å². The van der Waals surface area contributed by atoms with E-state index in [0.717, 1.165) is 12.1 Å². The highest BCUT2D eigenvalue weighted by atomic mass is 79.9. The molecular weight excluding hydrogens is 208 g/mol. The second kappa shape index (κ2) is 3.69. The average molecular weight is 217 g/mol. The molecule has 0 aliphatic rings. The molecule has 0 aliphatic heterocycles. The van der Waals surface area contributed by atoms with Crippen molar-refractivity contribution in [1.29, 1.82) is 0 Å². The topological polar surface area (TPSA) is 45.2 Å². The highest BCUT2D eigenvalue weighted by Gasteiger charge is 2.03. The van der Waals surface area contributed by atoms with Crippen LogP contribution in [0.1, 0.15) is 5.56 Å². The first-order chi connectivity index (χ1) is 5.25. The molecule has 2 N–H and O–H groups in total. The predicted octanol–water partition coefficient (Wildman–Crippen LogP) is 1.27. The first-order valence-corrected chi connectivity index (χ1v) is 4.02. The number of nitrogens with zero attached hydrogens (tertiary/aromatic N) is 1. The molecule has 0 amide bonds. The fourth-order valence-electron chi connectivity index (χ4n) is 0.798. The number of aromatic hydroxyl groups is 1. The zero-order valence-corrected chi connectivity index (χ0v) is 7.72. The smallest absolute Gasteiger partial charge is 0.225 e. The average Bonchev–Trinajstić information content (AvgIpc) is 1.99. The molecule has 0 spiro atoms. The summed E-state index contributed by atoms with van der Waals surface area (Å²) >= 11 is 3.23. The Labute approximate surface area is 73.6 Å². The van der Waals surface area contributed by atoms with Gasteiger partial charge in [0.15, 0.2) is 0 Å². The van der Waals surface area contributed by atoms with Gasteiger partial charge in [0, 0.05) is 12.7 Å². The lowest BCUT2D eigenvalue weighted by Gasteiger charge is -2.02. The molecule has 0 aromatic carbocycles. The number of hydrogen-bond donors (Lipinski definition) is 2. The zero-order valence-electron chi connectivity index (χ0n) is 6.13. The Kier molecular flexibility index (Phi) is 2.84.